The maximum atomic E-state index is 13.0. The largest absolute Gasteiger partial charge is 0.310 e. The van der Waals surface area contributed by atoms with Crippen molar-refractivity contribution >= 4 is 27.5 Å². The molecule has 0 aliphatic rings. The van der Waals surface area contributed by atoms with Gasteiger partial charge in [0.2, 0.25) is 0 Å². The summed E-state index contributed by atoms with van der Waals surface area (Å²) in [5.41, 5.74) is 2.24. The molecule has 21 heavy (non-hydrogen) atoms. The molecule has 0 saturated heterocycles. The molecule has 2 rings (SSSR count). The van der Waals surface area contributed by atoms with Crippen LogP contribution in [-0.2, 0) is 6.42 Å². The normalized spacial score (nSPS) is 12.4. The molecule has 0 aromatic heterocycles. The Balaban J connectivity index is 2.20. The highest BCUT2D eigenvalue weighted by atomic mass is 79.9. The lowest BCUT2D eigenvalue weighted by Gasteiger charge is -2.20. The van der Waals surface area contributed by atoms with Gasteiger partial charge in [0.25, 0.3) is 0 Å². The van der Waals surface area contributed by atoms with Gasteiger partial charge in [0.05, 0.1) is 5.02 Å². The van der Waals surface area contributed by atoms with E-state index in [4.69, 9.17) is 11.6 Å². The summed E-state index contributed by atoms with van der Waals surface area (Å²) >= 11 is 9.60. The highest BCUT2D eigenvalue weighted by Gasteiger charge is 2.13. The predicted octanol–water partition coefficient (Wildman–Crippen LogP) is 5.53. The molecule has 0 radical (unpaired) electrons. The quantitative estimate of drug-likeness (QED) is 0.705. The molecule has 0 bridgehead atoms. The summed E-state index contributed by atoms with van der Waals surface area (Å²) in [6.45, 7) is 3.07. The van der Waals surface area contributed by atoms with Crippen LogP contribution in [0.25, 0.3) is 0 Å². The number of halogens is 3. The van der Waals surface area contributed by atoms with Crippen molar-refractivity contribution in [2.75, 3.05) is 6.54 Å². The van der Waals surface area contributed by atoms with Gasteiger partial charge in [-0.05, 0) is 70.7 Å². The van der Waals surface area contributed by atoms with Crippen LogP contribution in [0.3, 0.4) is 0 Å². The van der Waals surface area contributed by atoms with E-state index in [0.717, 1.165) is 35.0 Å². The molecule has 4 heteroatoms. The fraction of sp³-hybridized carbons (Fsp3) is 0.294. The summed E-state index contributed by atoms with van der Waals surface area (Å²) < 4.78 is 13.9. The zero-order valence-corrected chi connectivity index (χ0v) is 14.2. The second-order valence-electron chi connectivity index (χ2n) is 5.01. The molecule has 112 valence electrons. The molecule has 1 unspecified atom stereocenters. The van der Waals surface area contributed by atoms with Crippen LogP contribution in [0.2, 0.25) is 5.02 Å². The first-order valence-corrected chi connectivity index (χ1v) is 8.20. The predicted molar refractivity (Wildman–Crippen MR) is 90.3 cm³/mol. The Morgan fingerprint density at radius 2 is 1.90 bits per heavy atom. The van der Waals surface area contributed by atoms with Crippen molar-refractivity contribution in [1.82, 2.24) is 5.32 Å². The van der Waals surface area contributed by atoms with Gasteiger partial charge < -0.3 is 5.32 Å². The first kappa shape index (κ1) is 16.5. The van der Waals surface area contributed by atoms with E-state index in [-0.39, 0.29) is 11.9 Å². The number of benzene rings is 2. The maximum absolute atomic E-state index is 13.0. The molecular formula is C17H18BrClFN. The minimum absolute atomic E-state index is 0.168. The number of hydrogen-bond donors (Lipinski definition) is 1. The van der Waals surface area contributed by atoms with Crippen LogP contribution >= 0.6 is 27.5 Å². The van der Waals surface area contributed by atoms with Crippen molar-refractivity contribution in [3.63, 3.8) is 0 Å². The highest BCUT2D eigenvalue weighted by molar-refractivity contribution is 9.10. The van der Waals surface area contributed by atoms with Crippen LogP contribution in [0.15, 0.2) is 46.9 Å². The summed E-state index contributed by atoms with van der Waals surface area (Å²) in [7, 11) is 0. The zero-order valence-electron chi connectivity index (χ0n) is 11.9. The van der Waals surface area contributed by atoms with E-state index in [2.05, 4.69) is 34.2 Å². The molecule has 0 aliphatic carbocycles. The summed E-state index contributed by atoms with van der Waals surface area (Å²) in [5, 5.41) is 4.23. The molecule has 0 aliphatic heterocycles. The SMILES string of the molecule is CCCNC(Cc1ccc(F)cc1)c1ccc(Br)c(Cl)c1. The second kappa shape index (κ2) is 7.92. The molecule has 2 aromatic rings. The number of rotatable bonds is 6. The van der Waals surface area contributed by atoms with Gasteiger partial charge in [-0.15, -0.1) is 0 Å². The fourth-order valence-corrected chi connectivity index (χ4v) is 2.65. The molecule has 0 fully saturated rings. The third-order valence-electron chi connectivity index (χ3n) is 3.34. The average Bonchev–Trinajstić information content (AvgIpc) is 2.48. The lowest BCUT2D eigenvalue weighted by molar-refractivity contribution is 0.528. The summed E-state index contributed by atoms with van der Waals surface area (Å²) in [5.74, 6) is -0.205. The topological polar surface area (TPSA) is 12.0 Å². The summed E-state index contributed by atoms with van der Waals surface area (Å²) in [6.07, 6.45) is 1.86. The molecule has 2 aromatic carbocycles. The van der Waals surface area contributed by atoms with Crippen molar-refractivity contribution in [2.45, 2.75) is 25.8 Å². The third kappa shape index (κ3) is 4.80. The average molecular weight is 371 g/mol. The van der Waals surface area contributed by atoms with Gasteiger partial charge in [0, 0.05) is 10.5 Å². The third-order valence-corrected chi connectivity index (χ3v) is 4.57. The summed E-state index contributed by atoms with van der Waals surface area (Å²) in [4.78, 5) is 0. The van der Waals surface area contributed by atoms with E-state index in [1.54, 1.807) is 0 Å². The molecular weight excluding hydrogens is 353 g/mol. The standard InChI is InChI=1S/C17H18BrClFN/c1-2-9-21-17(10-12-3-6-14(20)7-4-12)13-5-8-15(18)16(19)11-13/h3-8,11,17,21H,2,9-10H2,1H3. The van der Waals surface area contributed by atoms with E-state index in [0.29, 0.717) is 5.02 Å². The maximum Gasteiger partial charge on any atom is 0.123 e. The highest BCUT2D eigenvalue weighted by Crippen LogP contribution is 2.27. The van der Waals surface area contributed by atoms with E-state index in [1.807, 2.05) is 24.3 Å². The van der Waals surface area contributed by atoms with Crippen molar-refractivity contribution in [1.29, 1.82) is 0 Å². The Hall–Kier alpha value is -0.900. The first-order valence-electron chi connectivity index (χ1n) is 7.03. The van der Waals surface area contributed by atoms with Gasteiger partial charge in [0.1, 0.15) is 5.82 Å². The second-order valence-corrected chi connectivity index (χ2v) is 6.27. The first-order chi connectivity index (χ1) is 10.1. The van der Waals surface area contributed by atoms with Gasteiger partial charge in [-0.3, -0.25) is 0 Å². The van der Waals surface area contributed by atoms with Crippen molar-refractivity contribution < 1.29 is 4.39 Å². The number of nitrogens with one attached hydrogen (secondary N) is 1. The minimum Gasteiger partial charge on any atom is -0.310 e. The summed E-state index contributed by atoms with van der Waals surface area (Å²) in [6, 6.07) is 12.8. The molecule has 0 spiro atoms. The van der Waals surface area contributed by atoms with Crippen LogP contribution in [0.4, 0.5) is 4.39 Å². The Morgan fingerprint density at radius 1 is 1.19 bits per heavy atom. The minimum atomic E-state index is -0.205. The number of hydrogen-bond acceptors (Lipinski definition) is 1. The van der Waals surface area contributed by atoms with Gasteiger partial charge in [-0.2, -0.15) is 0 Å². The molecule has 0 heterocycles. The van der Waals surface area contributed by atoms with Crippen molar-refractivity contribution in [3.8, 4) is 0 Å². The molecule has 1 nitrogen and oxygen atoms in total. The Bertz CT molecular complexity index is 586. The zero-order chi connectivity index (χ0) is 15.2. The Labute approximate surface area is 138 Å². The van der Waals surface area contributed by atoms with Crippen LogP contribution in [-0.4, -0.2) is 6.54 Å². The Kier molecular flexibility index (Phi) is 6.22. The van der Waals surface area contributed by atoms with Gasteiger partial charge in [0.15, 0.2) is 0 Å². The van der Waals surface area contributed by atoms with Gasteiger partial charge in [-0.1, -0.05) is 36.7 Å². The van der Waals surface area contributed by atoms with E-state index < -0.39 is 0 Å². The van der Waals surface area contributed by atoms with Crippen LogP contribution < -0.4 is 5.32 Å². The molecule has 1 N–H and O–H groups in total. The smallest absolute Gasteiger partial charge is 0.123 e. The van der Waals surface area contributed by atoms with Crippen LogP contribution in [0.5, 0.6) is 0 Å². The van der Waals surface area contributed by atoms with Crippen molar-refractivity contribution in [3.05, 3.63) is 68.9 Å². The lowest BCUT2D eigenvalue weighted by atomic mass is 9.98. The van der Waals surface area contributed by atoms with Gasteiger partial charge >= 0.3 is 0 Å². The van der Waals surface area contributed by atoms with Gasteiger partial charge in [-0.25, -0.2) is 4.39 Å². The van der Waals surface area contributed by atoms with Crippen LogP contribution in [0, 0.1) is 5.82 Å². The van der Waals surface area contributed by atoms with E-state index in [1.165, 1.54) is 12.1 Å². The monoisotopic (exact) mass is 369 g/mol. The van der Waals surface area contributed by atoms with Crippen LogP contribution in [0.1, 0.15) is 30.5 Å². The molecule has 1 atom stereocenters. The lowest BCUT2D eigenvalue weighted by Crippen LogP contribution is -2.24. The fourth-order valence-electron chi connectivity index (χ4n) is 2.21. The van der Waals surface area contributed by atoms with E-state index in [9.17, 15) is 4.39 Å². The molecule has 0 saturated carbocycles. The Morgan fingerprint density at radius 3 is 2.52 bits per heavy atom. The van der Waals surface area contributed by atoms with Crippen molar-refractivity contribution in [2.24, 2.45) is 0 Å². The van der Waals surface area contributed by atoms with E-state index >= 15 is 0 Å². The molecule has 0 amide bonds.